The number of hydrogen-bond acceptors (Lipinski definition) is 3. The second-order valence-electron chi connectivity index (χ2n) is 6.39. The zero-order valence-electron chi connectivity index (χ0n) is 15.4. The molecule has 0 aromatic heterocycles. The van der Waals surface area contributed by atoms with E-state index in [4.69, 9.17) is 11.6 Å². The van der Waals surface area contributed by atoms with Crippen LogP contribution in [0.3, 0.4) is 0 Å². The molecule has 144 valence electrons. The number of benzene rings is 3. The smallest absolute Gasteiger partial charge is 0.262 e. The van der Waals surface area contributed by atoms with Gasteiger partial charge in [0, 0.05) is 11.3 Å². The fourth-order valence-corrected chi connectivity index (χ4v) is 4.25. The van der Waals surface area contributed by atoms with Gasteiger partial charge in [-0.15, -0.1) is 0 Å². The van der Waals surface area contributed by atoms with E-state index in [1.54, 1.807) is 61.5 Å². The number of carbonyl (C=O) groups excluding carboxylic acids is 1. The predicted octanol–water partition coefficient (Wildman–Crippen LogP) is 5.01. The predicted molar refractivity (Wildman–Crippen MR) is 113 cm³/mol. The van der Waals surface area contributed by atoms with Crippen molar-refractivity contribution in [1.29, 1.82) is 0 Å². The first-order chi connectivity index (χ1) is 13.3. The topological polar surface area (TPSA) is 75.3 Å². The second kappa shape index (κ2) is 8.04. The minimum Gasteiger partial charge on any atom is -0.321 e. The van der Waals surface area contributed by atoms with E-state index in [1.807, 2.05) is 13.0 Å². The minimum absolute atomic E-state index is 0.207. The van der Waals surface area contributed by atoms with E-state index in [0.29, 0.717) is 27.5 Å². The van der Waals surface area contributed by atoms with Gasteiger partial charge in [-0.1, -0.05) is 41.9 Å². The first-order valence-corrected chi connectivity index (χ1v) is 10.4. The number of halogens is 1. The molecule has 0 bridgehead atoms. The van der Waals surface area contributed by atoms with Gasteiger partial charge in [-0.2, -0.15) is 0 Å². The molecule has 7 heteroatoms. The number of sulfonamides is 1. The molecular weight excluding hydrogens is 396 g/mol. The molecule has 5 nitrogen and oxygen atoms in total. The van der Waals surface area contributed by atoms with Crippen molar-refractivity contribution in [2.75, 3.05) is 10.0 Å². The second-order valence-corrected chi connectivity index (χ2v) is 8.45. The number of carbonyl (C=O) groups is 1. The average molecular weight is 415 g/mol. The first-order valence-electron chi connectivity index (χ1n) is 8.52. The summed E-state index contributed by atoms with van der Waals surface area (Å²) in [5, 5.41) is 3.14. The molecule has 3 aromatic rings. The Morgan fingerprint density at radius 3 is 2.43 bits per heavy atom. The molecule has 2 N–H and O–H groups in total. The minimum atomic E-state index is -3.78. The Morgan fingerprint density at radius 2 is 1.68 bits per heavy atom. The molecular formula is C21H19ClN2O3S. The Balaban J connectivity index is 1.84. The molecule has 0 radical (unpaired) electrons. The molecule has 0 unspecified atom stereocenters. The summed E-state index contributed by atoms with van der Waals surface area (Å²) in [5.41, 5.74) is 2.58. The van der Waals surface area contributed by atoms with Crippen LogP contribution >= 0.6 is 11.6 Å². The van der Waals surface area contributed by atoms with Crippen molar-refractivity contribution in [3.05, 3.63) is 88.4 Å². The number of aryl methyl sites for hydroxylation is 2. The molecule has 0 aliphatic carbocycles. The third-order valence-corrected chi connectivity index (χ3v) is 5.99. The SMILES string of the molecule is Cc1ccc(C)c(S(=O)(=O)Nc2cccc(C(=O)Nc3ccccc3Cl)c2)c1. The van der Waals surface area contributed by atoms with Crippen LogP contribution < -0.4 is 10.0 Å². The van der Waals surface area contributed by atoms with Crippen molar-refractivity contribution < 1.29 is 13.2 Å². The number of hydrogen-bond donors (Lipinski definition) is 2. The number of anilines is 2. The van der Waals surface area contributed by atoms with Crippen LogP contribution in [0.25, 0.3) is 0 Å². The van der Waals surface area contributed by atoms with Crippen LogP contribution in [0.1, 0.15) is 21.5 Å². The molecule has 0 saturated carbocycles. The van der Waals surface area contributed by atoms with Crippen molar-refractivity contribution in [3.63, 3.8) is 0 Å². The molecule has 0 atom stereocenters. The van der Waals surface area contributed by atoms with Crippen LogP contribution in [0.4, 0.5) is 11.4 Å². The lowest BCUT2D eigenvalue weighted by molar-refractivity contribution is 0.102. The van der Waals surface area contributed by atoms with Crippen LogP contribution in [0.15, 0.2) is 71.6 Å². The number of amides is 1. The van der Waals surface area contributed by atoms with Gasteiger partial charge in [-0.3, -0.25) is 9.52 Å². The van der Waals surface area contributed by atoms with Crippen LogP contribution in [-0.4, -0.2) is 14.3 Å². The standard InChI is InChI=1S/C21H19ClN2O3S/c1-14-10-11-15(2)20(12-14)28(26,27)24-17-7-5-6-16(13-17)21(25)23-19-9-4-3-8-18(19)22/h3-13,24H,1-2H3,(H,23,25). The Labute approximate surface area is 169 Å². The maximum Gasteiger partial charge on any atom is 0.262 e. The van der Waals surface area contributed by atoms with Gasteiger partial charge < -0.3 is 5.32 Å². The van der Waals surface area contributed by atoms with E-state index in [-0.39, 0.29) is 10.8 Å². The molecule has 1 amide bonds. The quantitative estimate of drug-likeness (QED) is 0.616. The third-order valence-electron chi connectivity index (χ3n) is 4.13. The van der Waals surface area contributed by atoms with Gasteiger partial charge in [0.15, 0.2) is 0 Å². The molecule has 3 rings (SSSR count). The van der Waals surface area contributed by atoms with Gasteiger partial charge in [0.05, 0.1) is 15.6 Å². The fourth-order valence-electron chi connectivity index (χ4n) is 2.69. The van der Waals surface area contributed by atoms with Gasteiger partial charge in [0.2, 0.25) is 0 Å². The van der Waals surface area contributed by atoms with Crippen LogP contribution in [-0.2, 0) is 10.0 Å². The summed E-state index contributed by atoms with van der Waals surface area (Å²) < 4.78 is 28.1. The maximum absolute atomic E-state index is 12.8. The van der Waals surface area contributed by atoms with E-state index in [0.717, 1.165) is 5.56 Å². The molecule has 0 heterocycles. The summed E-state index contributed by atoms with van der Waals surface area (Å²) >= 11 is 6.06. The average Bonchev–Trinajstić information content (AvgIpc) is 2.65. The third kappa shape index (κ3) is 4.52. The van der Waals surface area contributed by atoms with E-state index >= 15 is 0 Å². The summed E-state index contributed by atoms with van der Waals surface area (Å²) in [7, 11) is -3.78. The summed E-state index contributed by atoms with van der Waals surface area (Å²) in [6, 6.07) is 18.4. The summed E-state index contributed by atoms with van der Waals surface area (Å²) in [6.07, 6.45) is 0. The highest BCUT2D eigenvalue weighted by Crippen LogP contribution is 2.23. The molecule has 28 heavy (non-hydrogen) atoms. The van der Waals surface area contributed by atoms with E-state index in [2.05, 4.69) is 10.0 Å². The molecule has 0 aliphatic rings. The Bertz CT molecular complexity index is 1140. The van der Waals surface area contributed by atoms with Crippen LogP contribution in [0.5, 0.6) is 0 Å². The van der Waals surface area contributed by atoms with E-state index < -0.39 is 10.0 Å². The molecule has 0 spiro atoms. The Hall–Kier alpha value is -2.83. The highest BCUT2D eigenvalue weighted by atomic mass is 35.5. The van der Waals surface area contributed by atoms with Crippen LogP contribution in [0, 0.1) is 13.8 Å². The maximum atomic E-state index is 12.8. The summed E-state index contributed by atoms with van der Waals surface area (Å²) in [4.78, 5) is 12.7. The summed E-state index contributed by atoms with van der Waals surface area (Å²) in [5.74, 6) is -0.388. The highest BCUT2D eigenvalue weighted by Gasteiger charge is 2.18. The largest absolute Gasteiger partial charge is 0.321 e. The lowest BCUT2D eigenvalue weighted by Crippen LogP contribution is -2.16. The summed E-state index contributed by atoms with van der Waals surface area (Å²) in [6.45, 7) is 3.57. The molecule has 0 aliphatic heterocycles. The van der Waals surface area contributed by atoms with Gasteiger partial charge in [0.1, 0.15) is 0 Å². The zero-order valence-corrected chi connectivity index (χ0v) is 16.9. The number of nitrogens with one attached hydrogen (secondary N) is 2. The normalized spacial score (nSPS) is 11.1. The van der Waals surface area contributed by atoms with Gasteiger partial charge in [-0.25, -0.2) is 8.42 Å². The Kier molecular flexibility index (Phi) is 5.72. The molecule has 0 saturated heterocycles. The van der Waals surface area contributed by atoms with E-state index in [9.17, 15) is 13.2 Å². The van der Waals surface area contributed by atoms with Crippen molar-refractivity contribution in [2.24, 2.45) is 0 Å². The van der Waals surface area contributed by atoms with Crippen molar-refractivity contribution in [2.45, 2.75) is 18.7 Å². The lowest BCUT2D eigenvalue weighted by Gasteiger charge is -2.12. The molecule has 3 aromatic carbocycles. The van der Waals surface area contributed by atoms with Gasteiger partial charge in [-0.05, 0) is 61.4 Å². The van der Waals surface area contributed by atoms with E-state index in [1.165, 1.54) is 6.07 Å². The lowest BCUT2D eigenvalue weighted by atomic mass is 10.2. The first kappa shape index (κ1) is 19.9. The fraction of sp³-hybridized carbons (Fsp3) is 0.0952. The van der Waals surface area contributed by atoms with Crippen molar-refractivity contribution in [1.82, 2.24) is 0 Å². The molecule has 0 fully saturated rings. The van der Waals surface area contributed by atoms with Crippen molar-refractivity contribution in [3.8, 4) is 0 Å². The number of rotatable bonds is 5. The monoisotopic (exact) mass is 414 g/mol. The van der Waals surface area contributed by atoms with Gasteiger partial charge in [0.25, 0.3) is 15.9 Å². The number of para-hydroxylation sites is 1. The Morgan fingerprint density at radius 1 is 0.929 bits per heavy atom. The van der Waals surface area contributed by atoms with Crippen LogP contribution in [0.2, 0.25) is 5.02 Å². The highest BCUT2D eigenvalue weighted by molar-refractivity contribution is 7.92. The van der Waals surface area contributed by atoms with Crippen molar-refractivity contribution >= 4 is 38.9 Å². The zero-order chi connectivity index (χ0) is 20.3. The van der Waals surface area contributed by atoms with Gasteiger partial charge >= 0.3 is 0 Å².